The molecular formula is C24H32ClN3. The van der Waals surface area contributed by atoms with E-state index in [2.05, 4.69) is 34.4 Å². The van der Waals surface area contributed by atoms with E-state index in [-0.39, 0.29) is 0 Å². The van der Waals surface area contributed by atoms with Crippen LogP contribution in [0.2, 0.25) is 5.02 Å². The average molecular weight is 398 g/mol. The molecule has 28 heavy (non-hydrogen) atoms. The first-order valence-electron chi connectivity index (χ1n) is 11.1. The Morgan fingerprint density at radius 1 is 1.11 bits per heavy atom. The zero-order chi connectivity index (χ0) is 19.1. The van der Waals surface area contributed by atoms with Crippen molar-refractivity contribution in [1.82, 2.24) is 9.88 Å². The minimum absolute atomic E-state index is 0.650. The monoisotopic (exact) mass is 397 g/mol. The number of anilines is 1. The fourth-order valence-corrected chi connectivity index (χ4v) is 7.15. The Bertz CT molecular complexity index is 814. The summed E-state index contributed by atoms with van der Waals surface area (Å²) in [6, 6.07) is 8.00. The van der Waals surface area contributed by atoms with Gasteiger partial charge in [-0.25, -0.2) is 0 Å². The highest BCUT2D eigenvalue weighted by Gasteiger charge is 2.50. The van der Waals surface area contributed by atoms with E-state index in [9.17, 15) is 0 Å². The first-order valence-corrected chi connectivity index (χ1v) is 11.4. The molecule has 0 atom stereocenters. The number of nitrogens with one attached hydrogen (secondary N) is 1. The maximum Gasteiger partial charge on any atom is 0.0737 e. The van der Waals surface area contributed by atoms with Gasteiger partial charge in [-0.15, -0.1) is 0 Å². The standard InChI is InChI=1S/C24H32ClN3/c1-28(16-24-13-17-9-18(14-24)11-19(10-17)15-24)8-2-6-26-22-5-7-27-23-12-20(25)3-4-21(22)23/h3-5,7,12,17-19H,2,6,8-11,13-16H2,1H3,(H,26,27). The molecule has 0 unspecified atom stereocenters. The largest absolute Gasteiger partial charge is 0.384 e. The molecule has 0 aliphatic heterocycles. The molecule has 2 aromatic rings. The molecule has 4 aliphatic rings. The lowest BCUT2D eigenvalue weighted by atomic mass is 9.49. The molecule has 4 bridgehead atoms. The average Bonchev–Trinajstić information content (AvgIpc) is 2.63. The smallest absolute Gasteiger partial charge is 0.0737 e. The molecule has 4 aliphatic carbocycles. The molecule has 0 saturated heterocycles. The normalized spacial score (nSPS) is 31.0. The zero-order valence-corrected chi connectivity index (χ0v) is 17.7. The molecular weight excluding hydrogens is 366 g/mol. The van der Waals surface area contributed by atoms with Gasteiger partial charge in [0, 0.05) is 35.4 Å². The molecule has 6 rings (SSSR count). The van der Waals surface area contributed by atoms with Crippen LogP contribution in [0.1, 0.15) is 44.9 Å². The third-order valence-electron chi connectivity index (χ3n) is 7.51. The quantitative estimate of drug-likeness (QED) is 0.595. The molecule has 1 aromatic carbocycles. The maximum atomic E-state index is 6.09. The topological polar surface area (TPSA) is 28.2 Å². The van der Waals surface area contributed by atoms with Crippen molar-refractivity contribution in [3.05, 3.63) is 35.5 Å². The SMILES string of the molecule is CN(CCCNc1ccnc2cc(Cl)ccc12)CC12CC3CC(CC(C3)C1)C2. The van der Waals surface area contributed by atoms with Crippen LogP contribution in [-0.4, -0.2) is 36.6 Å². The van der Waals surface area contributed by atoms with Gasteiger partial charge in [-0.3, -0.25) is 4.98 Å². The molecule has 1 N–H and O–H groups in total. The summed E-state index contributed by atoms with van der Waals surface area (Å²) in [6.45, 7) is 3.48. The number of halogens is 1. The van der Waals surface area contributed by atoms with Crippen LogP contribution in [0.4, 0.5) is 5.69 Å². The number of hydrogen-bond donors (Lipinski definition) is 1. The molecule has 0 radical (unpaired) electrons. The van der Waals surface area contributed by atoms with Crippen LogP contribution < -0.4 is 5.32 Å². The van der Waals surface area contributed by atoms with Crippen molar-refractivity contribution >= 4 is 28.2 Å². The zero-order valence-electron chi connectivity index (χ0n) is 17.0. The minimum Gasteiger partial charge on any atom is -0.384 e. The first-order chi connectivity index (χ1) is 13.6. The molecule has 1 heterocycles. The first kappa shape index (κ1) is 18.7. The summed E-state index contributed by atoms with van der Waals surface area (Å²) in [5.74, 6) is 3.15. The number of hydrogen-bond acceptors (Lipinski definition) is 3. The van der Waals surface area contributed by atoms with Gasteiger partial charge in [-0.2, -0.15) is 0 Å². The van der Waals surface area contributed by atoms with Crippen LogP contribution in [0.5, 0.6) is 0 Å². The molecule has 4 fully saturated rings. The minimum atomic E-state index is 0.650. The van der Waals surface area contributed by atoms with Gasteiger partial charge in [0.2, 0.25) is 0 Å². The highest BCUT2D eigenvalue weighted by atomic mass is 35.5. The van der Waals surface area contributed by atoms with Crippen molar-refractivity contribution < 1.29 is 0 Å². The summed E-state index contributed by atoms with van der Waals surface area (Å²) in [5.41, 5.74) is 2.76. The van der Waals surface area contributed by atoms with Gasteiger partial charge in [0.25, 0.3) is 0 Å². The molecule has 1 aromatic heterocycles. The number of benzene rings is 1. The van der Waals surface area contributed by atoms with Crippen molar-refractivity contribution in [3.63, 3.8) is 0 Å². The summed E-state index contributed by atoms with van der Waals surface area (Å²) in [6.07, 6.45) is 12.2. The Morgan fingerprint density at radius 3 is 2.54 bits per heavy atom. The Morgan fingerprint density at radius 2 is 1.82 bits per heavy atom. The molecule has 0 spiro atoms. The second-order valence-electron chi connectivity index (χ2n) is 9.96. The summed E-state index contributed by atoms with van der Waals surface area (Å²) in [4.78, 5) is 7.04. The third-order valence-corrected chi connectivity index (χ3v) is 7.74. The Labute approximate surface area is 173 Å². The van der Waals surface area contributed by atoms with Gasteiger partial charge in [-0.05, 0) is 106 Å². The van der Waals surface area contributed by atoms with E-state index in [0.717, 1.165) is 45.9 Å². The Balaban J connectivity index is 1.13. The van der Waals surface area contributed by atoms with E-state index in [0.29, 0.717) is 5.41 Å². The van der Waals surface area contributed by atoms with Crippen LogP contribution in [0.3, 0.4) is 0 Å². The predicted molar refractivity (Wildman–Crippen MR) is 118 cm³/mol. The summed E-state index contributed by atoms with van der Waals surface area (Å²) >= 11 is 6.09. The van der Waals surface area contributed by atoms with Gasteiger partial charge in [0.1, 0.15) is 0 Å². The van der Waals surface area contributed by atoms with E-state index < -0.39 is 0 Å². The lowest BCUT2D eigenvalue weighted by molar-refractivity contribution is -0.0661. The van der Waals surface area contributed by atoms with E-state index in [1.807, 2.05) is 18.3 Å². The fraction of sp³-hybridized carbons (Fsp3) is 0.625. The third kappa shape index (κ3) is 3.76. The molecule has 4 heteroatoms. The van der Waals surface area contributed by atoms with Gasteiger partial charge >= 0.3 is 0 Å². The number of fused-ring (bicyclic) bond motifs is 1. The van der Waals surface area contributed by atoms with Gasteiger partial charge in [0.05, 0.1) is 5.52 Å². The molecule has 150 valence electrons. The van der Waals surface area contributed by atoms with Crippen molar-refractivity contribution in [2.75, 3.05) is 32.0 Å². The highest BCUT2D eigenvalue weighted by molar-refractivity contribution is 6.31. The summed E-state index contributed by atoms with van der Waals surface area (Å²) in [5, 5.41) is 5.50. The maximum absolute atomic E-state index is 6.09. The van der Waals surface area contributed by atoms with Crippen LogP contribution in [0.25, 0.3) is 10.9 Å². The van der Waals surface area contributed by atoms with Crippen molar-refractivity contribution in [2.24, 2.45) is 23.2 Å². The van der Waals surface area contributed by atoms with Crippen molar-refractivity contribution in [3.8, 4) is 0 Å². The highest BCUT2D eigenvalue weighted by Crippen LogP contribution is 2.60. The lowest BCUT2D eigenvalue weighted by Crippen LogP contribution is -2.50. The predicted octanol–water partition coefficient (Wildman–Crippen LogP) is 5.84. The van der Waals surface area contributed by atoms with Gasteiger partial charge in [-0.1, -0.05) is 11.6 Å². The number of aromatic nitrogens is 1. The van der Waals surface area contributed by atoms with Gasteiger partial charge < -0.3 is 10.2 Å². The van der Waals surface area contributed by atoms with Crippen LogP contribution in [0.15, 0.2) is 30.5 Å². The van der Waals surface area contributed by atoms with Gasteiger partial charge in [0.15, 0.2) is 0 Å². The summed E-state index contributed by atoms with van der Waals surface area (Å²) in [7, 11) is 2.34. The van der Waals surface area contributed by atoms with Crippen LogP contribution in [0, 0.1) is 23.2 Å². The molecule has 4 saturated carbocycles. The number of nitrogens with zero attached hydrogens (tertiary/aromatic N) is 2. The van der Waals surface area contributed by atoms with E-state index >= 15 is 0 Å². The van der Waals surface area contributed by atoms with Crippen molar-refractivity contribution in [2.45, 2.75) is 44.9 Å². The van der Waals surface area contributed by atoms with E-state index in [1.165, 1.54) is 58.0 Å². The second kappa shape index (κ2) is 7.50. The molecule has 0 amide bonds. The summed E-state index contributed by atoms with van der Waals surface area (Å²) < 4.78 is 0. The fourth-order valence-electron chi connectivity index (χ4n) is 6.98. The van der Waals surface area contributed by atoms with Crippen LogP contribution >= 0.6 is 11.6 Å². The van der Waals surface area contributed by atoms with E-state index in [4.69, 9.17) is 11.6 Å². The lowest BCUT2D eigenvalue weighted by Gasteiger charge is -2.57. The number of rotatable bonds is 7. The Kier molecular flexibility index (Phi) is 5.00. The second-order valence-corrected chi connectivity index (χ2v) is 10.4. The number of pyridine rings is 1. The Hall–Kier alpha value is -1.32. The van der Waals surface area contributed by atoms with Crippen LogP contribution in [-0.2, 0) is 0 Å². The van der Waals surface area contributed by atoms with E-state index in [1.54, 1.807) is 0 Å². The molecule has 3 nitrogen and oxygen atoms in total. The van der Waals surface area contributed by atoms with Crippen molar-refractivity contribution in [1.29, 1.82) is 0 Å².